The Balaban J connectivity index is 2.02. The number of hydrogen-bond donors (Lipinski definition) is 1. The van der Waals surface area contributed by atoms with Crippen LogP contribution < -0.4 is 10.1 Å². The summed E-state index contributed by atoms with van der Waals surface area (Å²) < 4.78 is 19.1. The van der Waals surface area contributed by atoms with Gasteiger partial charge in [0.15, 0.2) is 0 Å². The van der Waals surface area contributed by atoms with E-state index < -0.39 is 0 Å². The third-order valence-electron chi connectivity index (χ3n) is 3.24. The number of nitrogens with one attached hydrogen (secondary N) is 1. The molecule has 0 unspecified atom stereocenters. The molecule has 0 radical (unpaired) electrons. The average Bonchev–Trinajstić information content (AvgIpc) is 2.41. The molecule has 0 aliphatic carbocycles. The Morgan fingerprint density at radius 2 is 2.11 bits per heavy atom. The van der Waals surface area contributed by atoms with Gasteiger partial charge in [0.1, 0.15) is 11.6 Å². The fourth-order valence-electron chi connectivity index (χ4n) is 2.20. The number of nitrogens with zero attached hydrogens (tertiary/aromatic N) is 1. The maximum atomic E-state index is 13.4. The van der Waals surface area contributed by atoms with E-state index in [1.54, 1.807) is 13.2 Å². The molecule has 2 rings (SSSR count). The van der Waals surface area contributed by atoms with Crippen molar-refractivity contribution >= 4 is 15.9 Å². The molecule has 0 atom stereocenters. The lowest BCUT2D eigenvalue weighted by atomic mass is 10.1. The van der Waals surface area contributed by atoms with Crippen molar-refractivity contribution in [3.05, 3.63) is 28.0 Å². The van der Waals surface area contributed by atoms with Gasteiger partial charge in [-0.15, -0.1) is 0 Å². The van der Waals surface area contributed by atoms with Crippen LogP contribution in [0.5, 0.6) is 5.75 Å². The fourth-order valence-corrected chi connectivity index (χ4v) is 2.75. The molecule has 1 heterocycles. The van der Waals surface area contributed by atoms with E-state index in [0.29, 0.717) is 10.2 Å². The first-order valence-corrected chi connectivity index (χ1v) is 6.95. The summed E-state index contributed by atoms with van der Waals surface area (Å²) in [6, 6.07) is 3.29. The fraction of sp³-hybridized carbons (Fsp3) is 0.538. The molecule has 1 aliphatic heterocycles. The molecule has 100 valence electrons. The summed E-state index contributed by atoms with van der Waals surface area (Å²) in [6.45, 7) is 5.22. The Kier molecular flexibility index (Phi) is 4.97. The normalized spacial score (nSPS) is 16.8. The van der Waals surface area contributed by atoms with Crippen molar-refractivity contribution in [1.29, 1.82) is 0 Å². The third kappa shape index (κ3) is 3.22. The summed E-state index contributed by atoms with van der Waals surface area (Å²) >= 11 is 3.23. The zero-order chi connectivity index (χ0) is 13.0. The van der Waals surface area contributed by atoms with Crippen LogP contribution in [-0.2, 0) is 6.42 Å². The van der Waals surface area contributed by atoms with Crippen LogP contribution in [0, 0.1) is 5.82 Å². The minimum Gasteiger partial charge on any atom is -0.495 e. The summed E-state index contributed by atoms with van der Waals surface area (Å²) in [4.78, 5) is 2.41. The van der Waals surface area contributed by atoms with Gasteiger partial charge in [0, 0.05) is 32.7 Å². The van der Waals surface area contributed by atoms with Gasteiger partial charge in [-0.25, -0.2) is 4.39 Å². The molecule has 0 spiro atoms. The molecule has 5 heteroatoms. The van der Waals surface area contributed by atoms with Gasteiger partial charge in [-0.3, -0.25) is 0 Å². The Morgan fingerprint density at radius 1 is 1.39 bits per heavy atom. The topological polar surface area (TPSA) is 24.5 Å². The van der Waals surface area contributed by atoms with Crippen LogP contribution in [0.3, 0.4) is 0 Å². The summed E-state index contributed by atoms with van der Waals surface area (Å²) in [5, 5.41) is 3.33. The number of methoxy groups -OCH3 is 1. The van der Waals surface area contributed by atoms with E-state index in [-0.39, 0.29) is 5.82 Å². The molecule has 0 aromatic heterocycles. The number of rotatable bonds is 4. The molecule has 0 bridgehead atoms. The van der Waals surface area contributed by atoms with Gasteiger partial charge in [-0.2, -0.15) is 0 Å². The van der Waals surface area contributed by atoms with Crippen molar-refractivity contribution in [3.63, 3.8) is 0 Å². The molecule has 0 amide bonds. The first-order valence-electron chi connectivity index (χ1n) is 6.16. The zero-order valence-electron chi connectivity index (χ0n) is 10.5. The molecular weight excluding hydrogens is 299 g/mol. The van der Waals surface area contributed by atoms with E-state index in [2.05, 4.69) is 26.1 Å². The largest absolute Gasteiger partial charge is 0.495 e. The monoisotopic (exact) mass is 316 g/mol. The number of hydrogen-bond acceptors (Lipinski definition) is 3. The van der Waals surface area contributed by atoms with E-state index >= 15 is 0 Å². The lowest BCUT2D eigenvalue weighted by Crippen LogP contribution is -2.44. The van der Waals surface area contributed by atoms with Crippen molar-refractivity contribution in [2.45, 2.75) is 6.42 Å². The Bertz CT molecular complexity index is 408. The number of ether oxygens (including phenoxy) is 1. The smallest absolute Gasteiger partial charge is 0.141 e. The first-order chi connectivity index (χ1) is 8.72. The highest BCUT2D eigenvalue weighted by Crippen LogP contribution is 2.31. The molecular formula is C13H18BrFN2O. The Hall–Kier alpha value is -0.650. The van der Waals surface area contributed by atoms with Gasteiger partial charge < -0.3 is 15.0 Å². The van der Waals surface area contributed by atoms with Crippen molar-refractivity contribution in [1.82, 2.24) is 10.2 Å². The maximum Gasteiger partial charge on any atom is 0.141 e. The van der Waals surface area contributed by atoms with Gasteiger partial charge in [0.25, 0.3) is 0 Å². The van der Waals surface area contributed by atoms with Crippen LogP contribution in [0.4, 0.5) is 4.39 Å². The van der Waals surface area contributed by atoms with Crippen LogP contribution >= 0.6 is 15.9 Å². The van der Waals surface area contributed by atoms with Crippen LogP contribution in [0.15, 0.2) is 16.6 Å². The zero-order valence-corrected chi connectivity index (χ0v) is 12.1. The molecule has 1 fully saturated rings. The lowest BCUT2D eigenvalue weighted by Gasteiger charge is -2.27. The SMILES string of the molecule is COc1c(CCN2CCNCC2)ccc(F)c1Br. The van der Waals surface area contributed by atoms with Crippen LogP contribution in [0.2, 0.25) is 0 Å². The van der Waals surface area contributed by atoms with Gasteiger partial charge in [0.2, 0.25) is 0 Å². The second-order valence-electron chi connectivity index (χ2n) is 4.40. The first kappa shape index (κ1) is 13.8. The van der Waals surface area contributed by atoms with E-state index in [4.69, 9.17) is 4.74 Å². The molecule has 3 nitrogen and oxygen atoms in total. The summed E-state index contributed by atoms with van der Waals surface area (Å²) in [5.41, 5.74) is 1.05. The number of halogens is 2. The quantitative estimate of drug-likeness (QED) is 0.920. The molecule has 0 saturated carbocycles. The highest BCUT2D eigenvalue weighted by Gasteiger charge is 2.14. The average molecular weight is 317 g/mol. The van der Waals surface area contributed by atoms with Crippen LogP contribution in [-0.4, -0.2) is 44.7 Å². The van der Waals surface area contributed by atoms with E-state index in [1.165, 1.54) is 6.07 Å². The Labute approximate surface area is 115 Å². The number of benzene rings is 1. The second kappa shape index (κ2) is 6.50. The van der Waals surface area contributed by atoms with Crippen molar-refractivity contribution in [2.24, 2.45) is 0 Å². The minimum atomic E-state index is -0.280. The van der Waals surface area contributed by atoms with Crippen molar-refractivity contribution in [3.8, 4) is 5.75 Å². The summed E-state index contributed by atoms with van der Waals surface area (Å²) in [5.74, 6) is 0.336. The molecule has 1 aromatic rings. The summed E-state index contributed by atoms with van der Waals surface area (Å²) in [6.07, 6.45) is 0.877. The minimum absolute atomic E-state index is 0.280. The predicted octanol–water partition coefficient (Wildman–Crippen LogP) is 2.04. The second-order valence-corrected chi connectivity index (χ2v) is 5.19. The molecule has 1 N–H and O–H groups in total. The van der Waals surface area contributed by atoms with Gasteiger partial charge in [0.05, 0.1) is 11.6 Å². The highest BCUT2D eigenvalue weighted by molar-refractivity contribution is 9.10. The van der Waals surface area contributed by atoms with E-state index in [9.17, 15) is 4.39 Å². The van der Waals surface area contributed by atoms with Gasteiger partial charge >= 0.3 is 0 Å². The molecule has 1 saturated heterocycles. The predicted molar refractivity (Wildman–Crippen MR) is 73.7 cm³/mol. The van der Waals surface area contributed by atoms with E-state index in [1.807, 2.05) is 0 Å². The lowest BCUT2D eigenvalue weighted by molar-refractivity contribution is 0.243. The molecule has 1 aromatic carbocycles. The van der Waals surface area contributed by atoms with Gasteiger partial charge in [-0.1, -0.05) is 6.07 Å². The Morgan fingerprint density at radius 3 is 2.78 bits per heavy atom. The van der Waals surface area contributed by atoms with Crippen LogP contribution in [0.1, 0.15) is 5.56 Å². The molecule has 18 heavy (non-hydrogen) atoms. The third-order valence-corrected chi connectivity index (χ3v) is 3.98. The highest BCUT2D eigenvalue weighted by atomic mass is 79.9. The van der Waals surface area contributed by atoms with Gasteiger partial charge in [-0.05, 0) is 34.0 Å². The summed E-state index contributed by atoms with van der Waals surface area (Å²) in [7, 11) is 1.58. The molecule has 1 aliphatic rings. The van der Waals surface area contributed by atoms with Crippen LogP contribution in [0.25, 0.3) is 0 Å². The standard InChI is InChI=1S/C13H18BrFN2O/c1-18-13-10(2-3-11(15)12(13)14)4-7-17-8-5-16-6-9-17/h2-3,16H,4-9H2,1H3. The van der Waals surface area contributed by atoms with E-state index in [0.717, 1.165) is 44.7 Å². The van der Waals surface area contributed by atoms with Crippen molar-refractivity contribution in [2.75, 3.05) is 39.8 Å². The number of piperazine rings is 1. The maximum absolute atomic E-state index is 13.4. The van der Waals surface area contributed by atoms with Crippen molar-refractivity contribution < 1.29 is 9.13 Å².